The van der Waals surface area contributed by atoms with Crippen LogP contribution in [-0.2, 0) is 23.2 Å². The Morgan fingerprint density at radius 1 is 1.10 bits per heavy atom. The van der Waals surface area contributed by atoms with Crippen molar-refractivity contribution in [1.29, 1.82) is 0 Å². The van der Waals surface area contributed by atoms with Gasteiger partial charge in [0.2, 0.25) is 5.88 Å². The topological polar surface area (TPSA) is 68.7 Å². The van der Waals surface area contributed by atoms with Gasteiger partial charge in [0.15, 0.2) is 11.6 Å². The van der Waals surface area contributed by atoms with Crippen molar-refractivity contribution in [3.05, 3.63) is 76.2 Å². The van der Waals surface area contributed by atoms with Gasteiger partial charge in [-0.3, -0.25) is 0 Å². The van der Waals surface area contributed by atoms with Gasteiger partial charge in [0.1, 0.15) is 24.5 Å². The second-order valence-electron chi connectivity index (χ2n) is 12.6. The Morgan fingerprint density at radius 3 is 2.56 bits per heavy atom. The lowest BCUT2D eigenvalue weighted by atomic mass is 9.75. The lowest BCUT2D eigenvalue weighted by molar-refractivity contribution is -0.114. The average Bonchev–Trinajstić information content (AvgIpc) is 3.21. The van der Waals surface area contributed by atoms with Crippen LogP contribution in [0.1, 0.15) is 74.1 Å². The SMILES string of the molecule is COc1cc(-c2ccc(COc3cc(F)c4c(c3F)C3(CC4)CC3(C=O)CO)cc2C2CCCC2(C)C)c(F)cn1. The number of nitrogens with zero attached hydrogens (tertiary/aromatic N) is 1. The van der Waals surface area contributed by atoms with Crippen LogP contribution >= 0.6 is 0 Å². The number of hydrogen-bond donors (Lipinski definition) is 1. The number of fused-ring (bicyclic) bond motifs is 2. The first-order valence-corrected chi connectivity index (χ1v) is 14.1. The Labute approximate surface area is 237 Å². The molecule has 0 amide bonds. The van der Waals surface area contributed by atoms with E-state index in [0.717, 1.165) is 48.2 Å². The van der Waals surface area contributed by atoms with Crippen LogP contribution in [0.5, 0.6) is 11.6 Å². The number of hydrogen-bond acceptors (Lipinski definition) is 5. The second-order valence-corrected chi connectivity index (χ2v) is 12.6. The zero-order chi connectivity index (χ0) is 29.2. The van der Waals surface area contributed by atoms with E-state index >= 15 is 13.2 Å². The van der Waals surface area contributed by atoms with Crippen molar-refractivity contribution in [3.63, 3.8) is 0 Å². The maximum absolute atomic E-state index is 15.9. The van der Waals surface area contributed by atoms with Gasteiger partial charge in [0.05, 0.1) is 25.3 Å². The highest BCUT2D eigenvalue weighted by molar-refractivity contribution is 5.73. The number of aldehydes is 1. The Balaban J connectivity index is 1.35. The van der Waals surface area contributed by atoms with Crippen LogP contribution in [0, 0.1) is 28.3 Å². The summed E-state index contributed by atoms with van der Waals surface area (Å²) in [5.41, 5.74) is 1.31. The molecule has 8 heteroatoms. The fourth-order valence-corrected chi connectivity index (χ4v) is 7.56. The fraction of sp³-hybridized carbons (Fsp3) is 0.455. The highest BCUT2D eigenvalue weighted by Crippen LogP contribution is 2.70. The maximum atomic E-state index is 15.9. The molecule has 2 saturated carbocycles. The minimum absolute atomic E-state index is 0.00654. The van der Waals surface area contributed by atoms with Crippen molar-refractivity contribution in [2.45, 2.75) is 70.3 Å². The van der Waals surface area contributed by atoms with Gasteiger partial charge in [-0.25, -0.2) is 18.2 Å². The van der Waals surface area contributed by atoms with E-state index in [0.29, 0.717) is 37.0 Å². The van der Waals surface area contributed by atoms with Crippen LogP contribution in [0.2, 0.25) is 0 Å². The normalized spacial score (nSPS) is 25.8. The van der Waals surface area contributed by atoms with E-state index in [1.807, 2.05) is 12.1 Å². The molecular formula is C33H34F3NO4. The molecule has 5 nitrogen and oxygen atoms in total. The van der Waals surface area contributed by atoms with E-state index in [-0.39, 0.29) is 34.8 Å². The third-order valence-corrected chi connectivity index (χ3v) is 9.99. The number of benzene rings is 2. The molecule has 1 heterocycles. The molecule has 0 radical (unpaired) electrons. The molecule has 1 aromatic heterocycles. The van der Waals surface area contributed by atoms with Crippen LogP contribution < -0.4 is 9.47 Å². The third kappa shape index (κ3) is 4.25. The number of halogens is 3. The molecule has 6 rings (SSSR count). The number of carbonyl (C=O) groups is 1. The predicted octanol–water partition coefficient (Wildman–Crippen LogP) is 6.81. The number of ether oxygens (including phenoxy) is 2. The van der Waals surface area contributed by atoms with Crippen LogP contribution in [0.15, 0.2) is 36.5 Å². The molecule has 3 aromatic rings. The van der Waals surface area contributed by atoms with Gasteiger partial charge in [-0.2, -0.15) is 0 Å². The maximum Gasteiger partial charge on any atom is 0.213 e. The highest BCUT2D eigenvalue weighted by atomic mass is 19.1. The monoisotopic (exact) mass is 565 g/mol. The largest absolute Gasteiger partial charge is 0.486 e. The molecule has 1 N–H and O–H groups in total. The molecule has 216 valence electrons. The Morgan fingerprint density at radius 2 is 1.90 bits per heavy atom. The Bertz CT molecular complexity index is 1540. The molecule has 3 aliphatic carbocycles. The Hall–Kier alpha value is -3.39. The van der Waals surface area contributed by atoms with Gasteiger partial charge in [0, 0.05) is 28.7 Å². The lowest BCUT2D eigenvalue weighted by Gasteiger charge is -2.30. The number of carbonyl (C=O) groups excluding carboxylic acids is 1. The average molecular weight is 566 g/mol. The molecule has 1 spiro atoms. The van der Waals surface area contributed by atoms with Crippen LogP contribution in [0.4, 0.5) is 13.2 Å². The number of methoxy groups -OCH3 is 1. The number of aliphatic hydroxyl groups excluding tert-OH is 1. The summed E-state index contributed by atoms with van der Waals surface area (Å²) in [6.07, 6.45) is 5.90. The van der Waals surface area contributed by atoms with Gasteiger partial charge < -0.3 is 19.4 Å². The predicted molar refractivity (Wildman–Crippen MR) is 147 cm³/mol. The van der Waals surface area contributed by atoms with Crippen LogP contribution in [0.3, 0.4) is 0 Å². The van der Waals surface area contributed by atoms with E-state index in [9.17, 15) is 9.90 Å². The van der Waals surface area contributed by atoms with Gasteiger partial charge in [-0.15, -0.1) is 0 Å². The van der Waals surface area contributed by atoms with E-state index in [1.165, 1.54) is 7.11 Å². The second kappa shape index (κ2) is 9.86. The summed E-state index contributed by atoms with van der Waals surface area (Å²) in [5, 5.41) is 9.88. The third-order valence-electron chi connectivity index (χ3n) is 9.99. The van der Waals surface area contributed by atoms with Crippen molar-refractivity contribution >= 4 is 6.29 Å². The number of pyridine rings is 1. The van der Waals surface area contributed by atoms with Crippen molar-refractivity contribution in [3.8, 4) is 22.8 Å². The standard InChI is InChI=1S/C33H34F3NO4/c1-31(2)9-4-5-24(31)22-11-19(6-7-20(22)23-12-28(40-3)37-14-26(23)35)15-41-27-13-25(34)21-8-10-33(29(21)30(27)36)16-32(33,17-38)18-39/h6-7,11-14,17,24,39H,4-5,8-10,15-16,18H2,1-3H3. The zero-order valence-corrected chi connectivity index (χ0v) is 23.5. The molecule has 3 atom stereocenters. The van der Waals surface area contributed by atoms with Gasteiger partial charge in [-0.05, 0) is 65.7 Å². The summed E-state index contributed by atoms with van der Waals surface area (Å²) >= 11 is 0. The highest BCUT2D eigenvalue weighted by Gasteiger charge is 2.71. The van der Waals surface area contributed by atoms with Gasteiger partial charge in [-0.1, -0.05) is 38.5 Å². The summed E-state index contributed by atoms with van der Waals surface area (Å²) in [7, 11) is 1.49. The number of aliphatic hydroxyl groups is 1. The van der Waals surface area contributed by atoms with Crippen molar-refractivity contribution < 1.29 is 32.5 Å². The molecular weight excluding hydrogens is 531 g/mol. The quantitative estimate of drug-likeness (QED) is 0.304. The molecule has 0 bridgehead atoms. The van der Waals surface area contributed by atoms with Crippen LogP contribution in [-0.4, -0.2) is 30.1 Å². The van der Waals surface area contributed by atoms with E-state index in [2.05, 4.69) is 18.8 Å². The smallest absolute Gasteiger partial charge is 0.213 e. The molecule has 0 saturated heterocycles. The summed E-state index contributed by atoms with van der Waals surface area (Å²) in [6, 6.07) is 8.30. The minimum Gasteiger partial charge on any atom is -0.486 e. The number of rotatable bonds is 8. The first-order valence-electron chi connectivity index (χ1n) is 14.1. The number of aromatic nitrogens is 1. The molecule has 3 aliphatic rings. The van der Waals surface area contributed by atoms with E-state index in [1.54, 1.807) is 12.1 Å². The van der Waals surface area contributed by atoms with Crippen molar-refractivity contribution in [1.82, 2.24) is 4.98 Å². The minimum atomic E-state index is -1.08. The van der Waals surface area contributed by atoms with E-state index < -0.39 is 34.9 Å². The summed E-state index contributed by atoms with van der Waals surface area (Å²) < 4.78 is 57.2. The summed E-state index contributed by atoms with van der Waals surface area (Å²) in [6.45, 7) is 3.99. The summed E-state index contributed by atoms with van der Waals surface area (Å²) in [4.78, 5) is 15.8. The Kier molecular flexibility index (Phi) is 6.68. The zero-order valence-electron chi connectivity index (χ0n) is 23.5. The molecule has 0 aliphatic heterocycles. The first-order chi connectivity index (χ1) is 19.6. The fourth-order valence-electron chi connectivity index (χ4n) is 7.56. The van der Waals surface area contributed by atoms with Crippen LogP contribution in [0.25, 0.3) is 11.1 Å². The van der Waals surface area contributed by atoms with Crippen molar-refractivity contribution in [2.24, 2.45) is 10.8 Å². The molecule has 2 aromatic carbocycles. The molecule has 2 fully saturated rings. The van der Waals surface area contributed by atoms with Gasteiger partial charge >= 0.3 is 0 Å². The summed E-state index contributed by atoms with van der Waals surface area (Å²) in [5.74, 6) is -1.43. The van der Waals surface area contributed by atoms with Crippen molar-refractivity contribution in [2.75, 3.05) is 13.7 Å². The van der Waals surface area contributed by atoms with Gasteiger partial charge in [0.25, 0.3) is 0 Å². The lowest BCUT2D eigenvalue weighted by Crippen LogP contribution is -2.22. The van der Waals surface area contributed by atoms with E-state index in [4.69, 9.17) is 9.47 Å². The molecule has 3 unspecified atom stereocenters. The first kappa shape index (κ1) is 27.8. The molecule has 41 heavy (non-hydrogen) atoms.